The minimum atomic E-state index is -0.720. The second kappa shape index (κ2) is 6.09. The largest absolute Gasteiger partial charge is 0.481 e. The minimum absolute atomic E-state index is 0.205. The van der Waals surface area contributed by atoms with Crippen molar-refractivity contribution in [3.8, 4) is 0 Å². The van der Waals surface area contributed by atoms with Crippen LogP contribution in [0.1, 0.15) is 38.2 Å². The Morgan fingerprint density at radius 1 is 1.32 bits per heavy atom. The van der Waals surface area contributed by atoms with E-state index in [1.54, 1.807) is 0 Å². The van der Waals surface area contributed by atoms with Crippen LogP contribution in [0.5, 0.6) is 0 Å². The highest BCUT2D eigenvalue weighted by atomic mass is 16.4. The van der Waals surface area contributed by atoms with Gasteiger partial charge in [-0.05, 0) is 37.8 Å². The van der Waals surface area contributed by atoms with Gasteiger partial charge >= 0.3 is 5.97 Å². The number of aliphatic carboxylic acids is 1. The van der Waals surface area contributed by atoms with E-state index in [1.165, 1.54) is 24.8 Å². The number of hydrogen-bond acceptors (Lipinski definition) is 2. The van der Waals surface area contributed by atoms with Gasteiger partial charge in [-0.2, -0.15) is 0 Å². The van der Waals surface area contributed by atoms with Gasteiger partial charge in [0, 0.05) is 18.3 Å². The summed E-state index contributed by atoms with van der Waals surface area (Å²) in [5, 5.41) is 8.94. The molecule has 104 valence electrons. The standard InChI is InChI=1S/C16H23NO2/c1-12-6-8-14(9-7-12)17(11-10-16(18)19)15-5-3-4-13(15)2/h6-9,13,15H,3-5,10-11H2,1-2H3,(H,18,19). The maximum absolute atomic E-state index is 10.9. The number of hydrogen-bond donors (Lipinski definition) is 1. The van der Waals surface area contributed by atoms with Crippen molar-refractivity contribution in [1.82, 2.24) is 0 Å². The lowest BCUT2D eigenvalue weighted by Gasteiger charge is -2.33. The van der Waals surface area contributed by atoms with Gasteiger partial charge in [0.05, 0.1) is 6.42 Å². The average Bonchev–Trinajstić information content (AvgIpc) is 2.78. The van der Waals surface area contributed by atoms with Crippen LogP contribution in [0, 0.1) is 12.8 Å². The topological polar surface area (TPSA) is 40.5 Å². The van der Waals surface area contributed by atoms with Crippen molar-refractivity contribution in [3.63, 3.8) is 0 Å². The molecule has 1 saturated carbocycles. The molecule has 0 saturated heterocycles. The van der Waals surface area contributed by atoms with E-state index in [4.69, 9.17) is 5.11 Å². The van der Waals surface area contributed by atoms with E-state index in [9.17, 15) is 4.79 Å². The molecule has 0 heterocycles. The summed E-state index contributed by atoms with van der Waals surface area (Å²) in [6.07, 6.45) is 3.88. The van der Waals surface area contributed by atoms with Gasteiger partial charge in [-0.1, -0.05) is 31.0 Å². The molecular weight excluding hydrogens is 238 g/mol. The van der Waals surface area contributed by atoms with E-state index < -0.39 is 5.97 Å². The molecule has 0 radical (unpaired) electrons. The van der Waals surface area contributed by atoms with Crippen LogP contribution in [-0.2, 0) is 4.79 Å². The summed E-state index contributed by atoms with van der Waals surface area (Å²) in [6, 6.07) is 8.91. The van der Waals surface area contributed by atoms with Crippen molar-refractivity contribution >= 4 is 11.7 Å². The van der Waals surface area contributed by atoms with Gasteiger partial charge in [-0.15, -0.1) is 0 Å². The number of benzene rings is 1. The van der Waals surface area contributed by atoms with E-state index >= 15 is 0 Å². The summed E-state index contributed by atoms with van der Waals surface area (Å²) >= 11 is 0. The summed E-state index contributed by atoms with van der Waals surface area (Å²) in [7, 11) is 0. The van der Waals surface area contributed by atoms with Crippen LogP contribution in [0.3, 0.4) is 0 Å². The van der Waals surface area contributed by atoms with Crippen molar-refractivity contribution < 1.29 is 9.90 Å². The molecule has 2 rings (SSSR count). The summed E-state index contributed by atoms with van der Waals surface area (Å²) in [5.41, 5.74) is 2.40. The zero-order valence-corrected chi connectivity index (χ0v) is 11.8. The lowest BCUT2D eigenvalue weighted by Crippen LogP contribution is -2.38. The number of anilines is 1. The Balaban J connectivity index is 2.17. The third-order valence-corrected chi connectivity index (χ3v) is 4.15. The molecule has 1 fully saturated rings. The molecule has 1 aliphatic rings. The third kappa shape index (κ3) is 3.49. The number of carboxylic acids is 1. The molecule has 1 aromatic rings. The molecule has 0 bridgehead atoms. The molecule has 19 heavy (non-hydrogen) atoms. The predicted molar refractivity (Wildman–Crippen MR) is 77.6 cm³/mol. The van der Waals surface area contributed by atoms with Gasteiger partial charge in [0.2, 0.25) is 0 Å². The second-order valence-corrected chi connectivity index (χ2v) is 5.65. The monoisotopic (exact) mass is 261 g/mol. The zero-order valence-electron chi connectivity index (χ0n) is 11.8. The van der Waals surface area contributed by atoms with Gasteiger partial charge in [0.1, 0.15) is 0 Å². The molecule has 1 aliphatic carbocycles. The maximum atomic E-state index is 10.9. The first-order valence-electron chi connectivity index (χ1n) is 7.13. The number of carbonyl (C=O) groups is 1. The van der Waals surface area contributed by atoms with Gasteiger partial charge in [0.15, 0.2) is 0 Å². The van der Waals surface area contributed by atoms with Crippen molar-refractivity contribution in [1.29, 1.82) is 0 Å². The van der Waals surface area contributed by atoms with Crippen molar-refractivity contribution in [3.05, 3.63) is 29.8 Å². The van der Waals surface area contributed by atoms with E-state index in [2.05, 4.69) is 43.0 Å². The second-order valence-electron chi connectivity index (χ2n) is 5.65. The first-order valence-corrected chi connectivity index (χ1v) is 7.13. The fourth-order valence-corrected chi connectivity index (χ4v) is 3.03. The van der Waals surface area contributed by atoms with E-state index in [1.807, 2.05) is 0 Å². The Morgan fingerprint density at radius 2 is 2.00 bits per heavy atom. The number of nitrogens with zero attached hydrogens (tertiary/aromatic N) is 1. The molecule has 0 aromatic heterocycles. The van der Waals surface area contributed by atoms with Crippen LogP contribution >= 0.6 is 0 Å². The van der Waals surface area contributed by atoms with Gasteiger partial charge in [-0.3, -0.25) is 4.79 Å². The van der Waals surface area contributed by atoms with Crippen molar-refractivity contribution in [2.24, 2.45) is 5.92 Å². The third-order valence-electron chi connectivity index (χ3n) is 4.15. The number of aryl methyl sites for hydroxylation is 1. The molecule has 1 aromatic carbocycles. The van der Waals surface area contributed by atoms with E-state index in [0.717, 1.165) is 5.69 Å². The average molecular weight is 261 g/mol. The lowest BCUT2D eigenvalue weighted by molar-refractivity contribution is -0.136. The normalized spacial score (nSPS) is 22.4. The maximum Gasteiger partial charge on any atom is 0.305 e. The predicted octanol–water partition coefficient (Wildman–Crippen LogP) is 3.46. The highest BCUT2D eigenvalue weighted by Crippen LogP contribution is 2.32. The van der Waals surface area contributed by atoms with E-state index in [0.29, 0.717) is 18.5 Å². The van der Waals surface area contributed by atoms with Crippen molar-refractivity contribution in [2.45, 2.75) is 45.6 Å². The fraction of sp³-hybridized carbons (Fsp3) is 0.562. The Labute approximate surface area is 115 Å². The van der Waals surface area contributed by atoms with E-state index in [-0.39, 0.29) is 6.42 Å². The van der Waals surface area contributed by atoms with Crippen LogP contribution in [0.4, 0.5) is 5.69 Å². The smallest absolute Gasteiger partial charge is 0.305 e. The summed E-state index contributed by atoms with van der Waals surface area (Å²) in [5.74, 6) is -0.0714. The van der Waals surface area contributed by atoms with Crippen LogP contribution in [0.2, 0.25) is 0 Å². The first kappa shape index (κ1) is 13.9. The molecular formula is C16H23NO2. The summed E-state index contributed by atoms with van der Waals surface area (Å²) in [4.78, 5) is 13.2. The highest BCUT2D eigenvalue weighted by Gasteiger charge is 2.29. The molecule has 3 heteroatoms. The number of rotatable bonds is 5. The van der Waals surface area contributed by atoms with Crippen LogP contribution in [0.15, 0.2) is 24.3 Å². The molecule has 0 spiro atoms. The van der Waals surface area contributed by atoms with Crippen LogP contribution < -0.4 is 4.90 Å². The summed E-state index contributed by atoms with van der Waals surface area (Å²) < 4.78 is 0. The SMILES string of the molecule is Cc1ccc(N(CCC(=O)O)C2CCCC2C)cc1. The molecule has 1 N–H and O–H groups in total. The highest BCUT2D eigenvalue weighted by molar-refractivity contribution is 5.67. The molecule has 0 aliphatic heterocycles. The van der Waals surface area contributed by atoms with Crippen LogP contribution in [-0.4, -0.2) is 23.7 Å². The molecule has 3 nitrogen and oxygen atoms in total. The lowest BCUT2D eigenvalue weighted by atomic mass is 10.0. The van der Waals surface area contributed by atoms with Gasteiger partial charge in [0.25, 0.3) is 0 Å². The van der Waals surface area contributed by atoms with Crippen molar-refractivity contribution in [2.75, 3.05) is 11.4 Å². The Hall–Kier alpha value is -1.51. The van der Waals surface area contributed by atoms with Gasteiger partial charge in [-0.25, -0.2) is 0 Å². The molecule has 2 atom stereocenters. The first-order chi connectivity index (χ1) is 9.08. The zero-order chi connectivity index (χ0) is 13.8. The summed E-state index contributed by atoms with van der Waals surface area (Å²) in [6.45, 7) is 4.95. The Kier molecular flexibility index (Phi) is 4.46. The molecule has 2 unspecified atom stereocenters. The molecule has 0 amide bonds. The Morgan fingerprint density at radius 3 is 2.53 bits per heavy atom. The quantitative estimate of drug-likeness (QED) is 0.882. The minimum Gasteiger partial charge on any atom is -0.481 e. The van der Waals surface area contributed by atoms with Crippen LogP contribution in [0.25, 0.3) is 0 Å². The Bertz CT molecular complexity index is 427. The fourth-order valence-electron chi connectivity index (χ4n) is 3.03. The van der Waals surface area contributed by atoms with Gasteiger partial charge < -0.3 is 10.0 Å². The number of carboxylic acid groups (broad SMARTS) is 1.